The predicted molar refractivity (Wildman–Crippen MR) is 93.2 cm³/mol. The van der Waals surface area contributed by atoms with Crippen molar-refractivity contribution in [1.82, 2.24) is 0 Å². The van der Waals surface area contributed by atoms with E-state index in [0.29, 0.717) is 31.2 Å². The lowest BCUT2D eigenvalue weighted by atomic mass is 10.1. The first-order chi connectivity index (χ1) is 11.5. The maximum Gasteiger partial charge on any atom is 0.272 e. The van der Waals surface area contributed by atoms with Gasteiger partial charge in [-0.15, -0.1) is 0 Å². The molecule has 0 aliphatic rings. The van der Waals surface area contributed by atoms with Gasteiger partial charge in [0, 0.05) is 5.56 Å². The van der Waals surface area contributed by atoms with Gasteiger partial charge in [-0.2, -0.15) is 0 Å². The van der Waals surface area contributed by atoms with Crippen LogP contribution in [0.25, 0.3) is 0 Å². The van der Waals surface area contributed by atoms with Crippen molar-refractivity contribution in [2.45, 2.75) is 20.1 Å². The summed E-state index contributed by atoms with van der Waals surface area (Å²) in [6.07, 6.45) is 0. The van der Waals surface area contributed by atoms with E-state index in [-0.39, 0.29) is 5.91 Å². The van der Waals surface area contributed by atoms with Gasteiger partial charge in [0.25, 0.3) is 5.91 Å². The molecule has 1 amide bonds. The molecular formula is C19H25N2O3+. The molecule has 3 N–H and O–H groups in total. The summed E-state index contributed by atoms with van der Waals surface area (Å²) in [6, 6.07) is 14.1. The van der Waals surface area contributed by atoms with E-state index in [1.54, 1.807) is 7.11 Å². The number of aryl methyl sites for hydroxylation is 1. The molecule has 5 heteroatoms. The lowest BCUT2D eigenvalue weighted by Crippen LogP contribution is -3.08. The highest BCUT2D eigenvalue weighted by atomic mass is 16.5. The number of primary amides is 1. The van der Waals surface area contributed by atoms with Crippen LogP contribution >= 0.6 is 0 Å². The van der Waals surface area contributed by atoms with Crippen LogP contribution in [0.4, 0.5) is 0 Å². The van der Waals surface area contributed by atoms with Gasteiger partial charge in [0.2, 0.25) is 0 Å². The minimum atomic E-state index is -0.308. The lowest BCUT2D eigenvalue weighted by Gasteiger charge is -2.15. The van der Waals surface area contributed by atoms with Crippen LogP contribution in [0, 0.1) is 6.92 Å². The molecule has 2 rings (SSSR count). The molecule has 0 aromatic heterocycles. The summed E-state index contributed by atoms with van der Waals surface area (Å²) in [6.45, 7) is 3.54. The molecule has 2 aromatic carbocycles. The quantitative estimate of drug-likeness (QED) is 0.762. The molecule has 0 saturated carbocycles. The molecule has 5 nitrogen and oxygen atoms in total. The third-order valence-corrected chi connectivity index (χ3v) is 3.72. The third-order valence-electron chi connectivity index (χ3n) is 3.72. The molecule has 24 heavy (non-hydrogen) atoms. The molecule has 1 unspecified atom stereocenters. The van der Waals surface area contributed by atoms with Crippen LogP contribution < -0.4 is 20.1 Å². The number of quaternary nitrogens is 1. The molecule has 0 aliphatic carbocycles. The second kappa shape index (κ2) is 8.36. The fourth-order valence-corrected chi connectivity index (χ4v) is 2.49. The molecule has 0 radical (unpaired) electrons. The van der Waals surface area contributed by atoms with Crippen LogP contribution in [0.15, 0.2) is 42.5 Å². The standard InChI is InChI=1S/C19H24N2O3/c1-14-4-6-15(7-5-14)13-24-17-9-8-16(10-18(17)23-3)11-21(2)12-19(20)22/h4-10H,11-13H2,1-3H3,(H2,20,22)/p+1. The average molecular weight is 329 g/mol. The van der Waals surface area contributed by atoms with Gasteiger partial charge in [-0.25, -0.2) is 0 Å². The number of nitrogens with two attached hydrogens (primary N) is 1. The van der Waals surface area contributed by atoms with E-state index in [0.717, 1.165) is 16.0 Å². The third kappa shape index (κ3) is 5.28. The first-order valence-corrected chi connectivity index (χ1v) is 7.93. The number of nitrogens with one attached hydrogen (secondary N) is 1. The highest BCUT2D eigenvalue weighted by Crippen LogP contribution is 2.28. The summed E-state index contributed by atoms with van der Waals surface area (Å²) in [7, 11) is 3.55. The number of hydrogen-bond acceptors (Lipinski definition) is 3. The van der Waals surface area contributed by atoms with E-state index in [4.69, 9.17) is 15.2 Å². The average Bonchev–Trinajstić information content (AvgIpc) is 2.54. The minimum absolute atomic E-state index is 0.300. The zero-order chi connectivity index (χ0) is 17.5. The fraction of sp³-hybridized carbons (Fsp3) is 0.316. The molecule has 2 aromatic rings. The summed E-state index contributed by atoms with van der Waals surface area (Å²) in [5.74, 6) is 1.08. The molecule has 0 saturated heterocycles. The molecule has 0 heterocycles. The number of likely N-dealkylation sites (N-methyl/N-ethyl adjacent to an activating group) is 1. The molecule has 0 aliphatic heterocycles. The Balaban J connectivity index is 2.02. The van der Waals surface area contributed by atoms with Gasteiger partial charge in [-0.3, -0.25) is 4.79 Å². The second-order valence-corrected chi connectivity index (χ2v) is 6.04. The highest BCUT2D eigenvalue weighted by Gasteiger charge is 2.11. The number of carbonyl (C=O) groups excluding carboxylic acids is 1. The van der Waals surface area contributed by atoms with Gasteiger partial charge in [-0.1, -0.05) is 29.8 Å². The van der Waals surface area contributed by atoms with E-state index >= 15 is 0 Å². The van der Waals surface area contributed by atoms with E-state index in [1.807, 2.05) is 25.2 Å². The van der Waals surface area contributed by atoms with Gasteiger partial charge in [0.05, 0.1) is 14.2 Å². The van der Waals surface area contributed by atoms with Crippen LogP contribution in [-0.4, -0.2) is 26.6 Å². The SMILES string of the molecule is COc1cc(C[NH+](C)CC(N)=O)ccc1OCc1ccc(C)cc1. The monoisotopic (exact) mass is 329 g/mol. The molecule has 1 atom stereocenters. The van der Waals surface area contributed by atoms with Crippen molar-refractivity contribution in [2.24, 2.45) is 5.73 Å². The van der Waals surface area contributed by atoms with E-state index in [9.17, 15) is 4.79 Å². The second-order valence-electron chi connectivity index (χ2n) is 6.04. The normalized spacial score (nSPS) is 11.8. The Kier molecular flexibility index (Phi) is 6.21. The molecular weight excluding hydrogens is 304 g/mol. The number of ether oxygens (including phenoxy) is 2. The highest BCUT2D eigenvalue weighted by molar-refractivity contribution is 5.74. The summed E-state index contributed by atoms with van der Waals surface area (Å²) < 4.78 is 11.3. The van der Waals surface area contributed by atoms with Crippen molar-refractivity contribution in [3.8, 4) is 11.5 Å². The number of hydrogen-bond donors (Lipinski definition) is 2. The smallest absolute Gasteiger partial charge is 0.272 e. The zero-order valence-electron chi connectivity index (χ0n) is 14.5. The number of benzene rings is 2. The first kappa shape index (κ1) is 17.8. The van der Waals surface area contributed by atoms with Crippen molar-refractivity contribution < 1.29 is 19.2 Å². The zero-order valence-corrected chi connectivity index (χ0v) is 14.5. The number of carbonyl (C=O) groups is 1. The van der Waals surface area contributed by atoms with Crippen LogP contribution in [-0.2, 0) is 17.9 Å². The van der Waals surface area contributed by atoms with Gasteiger partial charge in [-0.05, 0) is 30.7 Å². The molecule has 0 bridgehead atoms. The van der Waals surface area contributed by atoms with Gasteiger partial charge >= 0.3 is 0 Å². The van der Waals surface area contributed by atoms with Gasteiger partial charge in [0.1, 0.15) is 13.2 Å². The Bertz CT molecular complexity index is 684. The number of methoxy groups -OCH3 is 1. The Morgan fingerprint density at radius 1 is 1.08 bits per heavy atom. The van der Waals surface area contributed by atoms with E-state index in [1.165, 1.54) is 5.56 Å². The maximum absolute atomic E-state index is 11.0. The first-order valence-electron chi connectivity index (χ1n) is 7.93. The van der Waals surface area contributed by atoms with Crippen LogP contribution in [0.5, 0.6) is 11.5 Å². The van der Waals surface area contributed by atoms with Crippen LogP contribution in [0.2, 0.25) is 0 Å². The summed E-state index contributed by atoms with van der Waals surface area (Å²) in [5.41, 5.74) is 8.62. The van der Waals surface area contributed by atoms with Crippen LogP contribution in [0.1, 0.15) is 16.7 Å². The lowest BCUT2D eigenvalue weighted by molar-refractivity contribution is -0.885. The molecule has 0 spiro atoms. The van der Waals surface area contributed by atoms with Crippen molar-refractivity contribution in [1.29, 1.82) is 0 Å². The summed E-state index contributed by atoms with van der Waals surface area (Å²) in [4.78, 5) is 12.0. The Morgan fingerprint density at radius 2 is 1.75 bits per heavy atom. The topological polar surface area (TPSA) is 66.0 Å². The van der Waals surface area contributed by atoms with Crippen molar-refractivity contribution in [3.63, 3.8) is 0 Å². The minimum Gasteiger partial charge on any atom is -0.493 e. The molecule has 0 fully saturated rings. The van der Waals surface area contributed by atoms with E-state index < -0.39 is 0 Å². The Labute approximate surface area is 143 Å². The number of amides is 1. The van der Waals surface area contributed by atoms with Gasteiger partial charge in [0.15, 0.2) is 18.0 Å². The maximum atomic E-state index is 11.0. The predicted octanol–water partition coefficient (Wildman–Crippen LogP) is 1.08. The largest absolute Gasteiger partial charge is 0.493 e. The fourth-order valence-electron chi connectivity index (χ4n) is 2.49. The van der Waals surface area contributed by atoms with E-state index in [2.05, 4.69) is 31.2 Å². The summed E-state index contributed by atoms with van der Waals surface area (Å²) >= 11 is 0. The Hall–Kier alpha value is -2.53. The van der Waals surface area contributed by atoms with Crippen LogP contribution in [0.3, 0.4) is 0 Å². The van der Waals surface area contributed by atoms with Crippen molar-refractivity contribution >= 4 is 5.91 Å². The van der Waals surface area contributed by atoms with Crippen molar-refractivity contribution in [3.05, 3.63) is 59.2 Å². The molecule has 128 valence electrons. The Morgan fingerprint density at radius 3 is 2.38 bits per heavy atom. The van der Waals surface area contributed by atoms with Gasteiger partial charge < -0.3 is 20.1 Å². The number of rotatable bonds is 8. The summed E-state index contributed by atoms with van der Waals surface area (Å²) in [5, 5.41) is 0. The van der Waals surface area contributed by atoms with Crippen molar-refractivity contribution in [2.75, 3.05) is 20.7 Å².